The van der Waals surface area contributed by atoms with Gasteiger partial charge in [0.15, 0.2) is 0 Å². The zero-order valence-corrected chi connectivity index (χ0v) is 19.2. The van der Waals surface area contributed by atoms with Crippen molar-refractivity contribution in [3.8, 4) is 0 Å². The third-order valence-corrected chi connectivity index (χ3v) is 9.08. The number of ether oxygens (including phenoxy) is 1. The molecule has 4 rings (SSSR count). The quantitative estimate of drug-likeness (QED) is 0.649. The average Bonchev–Trinajstić information content (AvgIpc) is 3.46. The molecular formula is C22H29N3O4S2. The molecule has 0 radical (unpaired) electrons. The van der Waals surface area contributed by atoms with E-state index >= 15 is 0 Å². The van der Waals surface area contributed by atoms with Gasteiger partial charge in [0.25, 0.3) is 10.0 Å². The average molecular weight is 464 g/mol. The molecule has 1 atom stereocenters. The summed E-state index contributed by atoms with van der Waals surface area (Å²) in [6.07, 6.45) is 1.95. The van der Waals surface area contributed by atoms with E-state index in [1.54, 1.807) is 12.1 Å². The topological polar surface area (TPSA) is 79.0 Å². The Balaban J connectivity index is 1.24. The third kappa shape index (κ3) is 5.93. The zero-order chi connectivity index (χ0) is 21.7. The van der Waals surface area contributed by atoms with Crippen LogP contribution in [-0.2, 0) is 32.5 Å². The largest absolute Gasteiger partial charge is 0.374 e. The standard InChI is InChI=1S/C22H29N3O4S2/c26-21(14-20-8-9-22(30-20)31(27,28)25-10-4-5-11-25)23-15-19-17-24(12-13-29-19)16-18-6-2-1-3-7-18/h1-3,6-9,19H,4-5,10-17H2,(H,23,26). The highest BCUT2D eigenvalue weighted by Crippen LogP contribution is 2.27. The number of rotatable bonds is 8. The van der Waals surface area contributed by atoms with Crippen molar-refractivity contribution in [1.82, 2.24) is 14.5 Å². The minimum Gasteiger partial charge on any atom is -0.374 e. The number of carbonyl (C=O) groups is 1. The summed E-state index contributed by atoms with van der Waals surface area (Å²) >= 11 is 1.19. The molecule has 1 aromatic heterocycles. The van der Waals surface area contributed by atoms with E-state index in [4.69, 9.17) is 4.74 Å². The summed E-state index contributed by atoms with van der Waals surface area (Å²) in [4.78, 5) is 15.5. The number of hydrogen-bond acceptors (Lipinski definition) is 6. The molecule has 2 aliphatic heterocycles. The maximum Gasteiger partial charge on any atom is 0.252 e. The fraction of sp³-hybridized carbons (Fsp3) is 0.500. The molecular weight excluding hydrogens is 434 g/mol. The molecule has 0 aliphatic carbocycles. The Morgan fingerprint density at radius 3 is 2.65 bits per heavy atom. The molecule has 9 heteroatoms. The van der Waals surface area contributed by atoms with Crippen LogP contribution in [0.2, 0.25) is 0 Å². The van der Waals surface area contributed by atoms with E-state index in [0.717, 1.165) is 37.4 Å². The lowest BCUT2D eigenvalue weighted by Crippen LogP contribution is -2.47. The summed E-state index contributed by atoms with van der Waals surface area (Å²) < 4.78 is 33.0. The fourth-order valence-corrected chi connectivity index (χ4v) is 7.01. The summed E-state index contributed by atoms with van der Waals surface area (Å²) in [6.45, 7) is 4.79. The van der Waals surface area contributed by atoms with Gasteiger partial charge in [-0.3, -0.25) is 9.69 Å². The second-order valence-corrected chi connectivity index (χ2v) is 11.4. The van der Waals surface area contributed by atoms with Gasteiger partial charge in [-0.15, -0.1) is 11.3 Å². The minimum atomic E-state index is -3.42. The number of nitrogens with one attached hydrogen (secondary N) is 1. The number of morpholine rings is 1. The van der Waals surface area contributed by atoms with Crippen molar-refractivity contribution in [1.29, 1.82) is 0 Å². The molecule has 7 nitrogen and oxygen atoms in total. The molecule has 1 unspecified atom stereocenters. The van der Waals surface area contributed by atoms with Crippen LogP contribution >= 0.6 is 11.3 Å². The van der Waals surface area contributed by atoms with Gasteiger partial charge in [-0.1, -0.05) is 30.3 Å². The van der Waals surface area contributed by atoms with Gasteiger partial charge in [0.1, 0.15) is 4.21 Å². The number of benzene rings is 1. The molecule has 0 bridgehead atoms. The van der Waals surface area contributed by atoms with E-state index in [-0.39, 0.29) is 18.4 Å². The third-order valence-electron chi connectivity index (χ3n) is 5.63. The Labute approximate surface area is 188 Å². The maximum absolute atomic E-state index is 12.6. The number of hydrogen-bond donors (Lipinski definition) is 1. The van der Waals surface area contributed by atoms with Gasteiger partial charge < -0.3 is 10.1 Å². The number of nitrogens with zero attached hydrogens (tertiary/aromatic N) is 2. The summed E-state index contributed by atoms with van der Waals surface area (Å²) in [5, 5.41) is 2.94. The lowest BCUT2D eigenvalue weighted by atomic mass is 10.2. The van der Waals surface area contributed by atoms with Gasteiger partial charge in [-0.05, 0) is 30.5 Å². The van der Waals surface area contributed by atoms with Gasteiger partial charge in [0.2, 0.25) is 5.91 Å². The highest BCUT2D eigenvalue weighted by atomic mass is 32.2. The van der Waals surface area contributed by atoms with Crippen LogP contribution in [0, 0.1) is 0 Å². The predicted molar refractivity (Wildman–Crippen MR) is 120 cm³/mol. The molecule has 1 amide bonds. The van der Waals surface area contributed by atoms with Crippen LogP contribution in [0.4, 0.5) is 0 Å². The van der Waals surface area contributed by atoms with Crippen LogP contribution in [0.3, 0.4) is 0 Å². The van der Waals surface area contributed by atoms with Crippen molar-refractivity contribution < 1.29 is 17.9 Å². The van der Waals surface area contributed by atoms with Gasteiger partial charge in [0, 0.05) is 44.1 Å². The normalized spacial score (nSPS) is 20.7. The SMILES string of the molecule is O=C(Cc1ccc(S(=O)(=O)N2CCCC2)s1)NCC1CN(Cc2ccccc2)CCO1. The molecule has 0 spiro atoms. The van der Waals surface area contributed by atoms with Crippen LogP contribution in [0.15, 0.2) is 46.7 Å². The summed E-state index contributed by atoms with van der Waals surface area (Å²) in [5.74, 6) is -0.115. The van der Waals surface area contributed by atoms with Crippen molar-refractivity contribution in [3.63, 3.8) is 0 Å². The molecule has 1 N–H and O–H groups in total. The van der Waals surface area contributed by atoms with Gasteiger partial charge in [0.05, 0.1) is 19.1 Å². The number of thiophene rings is 1. The van der Waals surface area contributed by atoms with E-state index in [1.165, 1.54) is 21.2 Å². The molecule has 31 heavy (non-hydrogen) atoms. The first-order valence-electron chi connectivity index (χ1n) is 10.7. The maximum atomic E-state index is 12.6. The Morgan fingerprint density at radius 1 is 1.10 bits per heavy atom. The summed E-state index contributed by atoms with van der Waals surface area (Å²) in [7, 11) is -3.42. The molecule has 2 fully saturated rings. The van der Waals surface area contributed by atoms with Crippen LogP contribution in [-0.4, -0.2) is 69.0 Å². The Kier molecular flexibility index (Phi) is 7.39. The first kappa shape index (κ1) is 22.4. The highest BCUT2D eigenvalue weighted by molar-refractivity contribution is 7.91. The lowest BCUT2D eigenvalue weighted by Gasteiger charge is -2.33. The van der Waals surface area contributed by atoms with Gasteiger partial charge >= 0.3 is 0 Å². The Hall–Kier alpha value is -1.78. The molecule has 1 aromatic carbocycles. The zero-order valence-electron chi connectivity index (χ0n) is 17.5. The van der Waals surface area contributed by atoms with Crippen molar-refractivity contribution in [2.24, 2.45) is 0 Å². The first-order valence-corrected chi connectivity index (χ1v) is 13.0. The molecule has 3 heterocycles. The van der Waals surface area contributed by atoms with Crippen molar-refractivity contribution in [2.75, 3.05) is 39.3 Å². The van der Waals surface area contributed by atoms with E-state index in [9.17, 15) is 13.2 Å². The molecule has 2 aliphatic rings. The van der Waals surface area contributed by atoms with Crippen LogP contribution in [0.25, 0.3) is 0 Å². The second-order valence-electron chi connectivity index (χ2n) is 8.03. The summed E-state index contributed by atoms with van der Waals surface area (Å²) in [5.41, 5.74) is 1.27. The number of amides is 1. The van der Waals surface area contributed by atoms with Crippen molar-refractivity contribution >= 4 is 27.3 Å². The first-order chi connectivity index (χ1) is 15.0. The Bertz CT molecular complexity index is 972. The number of carbonyl (C=O) groups excluding carboxylic acids is 1. The monoisotopic (exact) mass is 463 g/mol. The van der Waals surface area contributed by atoms with Crippen molar-refractivity contribution in [2.45, 2.75) is 36.1 Å². The van der Waals surface area contributed by atoms with Gasteiger partial charge in [-0.2, -0.15) is 4.31 Å². The van der Waals surface area contributed by atoms with Crippen LogP contribution < -0.4 is 5.32 Å². The van der Waals surface area contributed by atoms with E-state index in [1.807, 2.05) is 18.2 Å². The van der Waals surface area contributed by atoms with Gasteiger partial charge in [-0.25, -0.2) is 8.42 Å². The highest BCUT2D eigenvalue weighted by Gasteiger charge is 2.28. The van der Waals surface area contributed by atoms with E-state index in [2.05, 4.69) is 22.3 Å². The second kappa shape index (κ2) is 10.2. The smallest absolute Gasteiger partial charge is 0.252 e. The van der Waals surface area contributed by atoms with E-state index in [0.29, 0.717) is 30.5 Å². The molecule has 2 saturated heterocycles. The molecule has 2 aromatic rings. The molecule has 168 valence electrons. The summed E-state index contributed by atoms with van der Waals surface area (Å²) in [6, 6.07) is 13.7. The minimum absolute atomic E-state index is 0.0455. The van der Waals surface area contributed by atoms with E-state index < -0.39 is 10.0 Å². The lowest BCUT2D eigenvalue weighted by molar-refractivity contribution is -0.121. The van der Waals surface area contributed by atoms with Crippen LogP contribution in [0.5, 0.6) is 0 Å². The van der Waals surface area contributed by atoms with Crippen molar-refractivity contribution in [3.05, 3.63) is 52.9 Å². The molecule has 0 saturated carbocycles. The fourth-order valence-electron chi connectivity index (χ4n) is 3.99. The predicted octanol–water partition coefficient (Wildman–Crippen LogP) is 2.09. The number of sulfonamides is 1. The Morgan fingerprint density at radius 2 is 1.87 bits per heavy atom. The van der Waals surface area contributed by atoms with Crippen LogP contribution in [0.1, 0.15) is 23.3 Å².